The Balaban J connectivity index is 1.30. The molecule has 0 spiro atoms. The lowest BCUT2D eigenvalue weighted by Crippen LogP contribution is -2.46. The van der Waals surface area contributed by atoms with Gasteiger partial charge in [0.1, 0.15) is 0 Å². The van der Waals surface area contributed by atoms with Gasteiger partial charge < -0.3 is 20.5 Å². The van der Waals surface area contributed by atoms with Crippen molar-refractivity contribution < 1.29 is 9.84 Å². The Bertz CT molecular complexity index is 419. The molecule has 0 aromatic heterocycles. The Morgan fingerprint density at radius 3 is 2.42 bits per heavy atom. The highest BCUT2D eigenvalue weighted by atomic mass is 32.1. The highest BCUT2D eigenvalue weighted by Crippen LogP contribution is 2.61. The van der Waals surface area contributed by atoms with Gasteiger partial charge in [-0.05, 0) is 80.3 Å². The van der Waals surface area contributed by atoms with Crippen molar-refractivity contribution in [3.63, 3.8) is 0 Å². The zero-order valence-electron chi connectivity index (χ0n) is 14.6. The maximum atomic E-state index is 9.99. The van der Waals surface area contributed by atoms with E-state index in [4.69, 9.17) is 17.0 Å². The maximum Gasteiger partial charge on any atom is 0.166 e. The summed E-state index contributed by atoms with van der Waals surface area (Å²) in [7, 11) is 0. The standard InChI is InChI=1S/C19H32N2O2S/c1-2-4-20-18(24)21-12-17(22)13-23-5-3-19-9-14-6-15(10-19)8-16(7-14)11-19/h2,14-17,22H,1,3-13H2,(H2,20,21,24)/t14?,15?,16?,17-,19?/m1/s1. The van der Waals surface area contributed by atoms with Crippen LogP contribution in [0, 0.1) is 23.2 Å². The molecular formula is C19H32N2O2S. The molecule has 0 aromatic rings. The van der Waals surface area contributed by atoms with Crippen molar-refractivity contribution in [3.8, 4) is 0 Å². The van der Waals surface area contributed by atoms with Gasteiger partial charge in [-0.25, -0.2) is 0 Å². The predicted octanol–water partition coefficient (Wildman–Crippen LogP) is 2.62. The summed E-state index contributed by atoms with van der Waals surface area (Å²) in [4.78, 5) is 0. The molecule has 4 aliphatic carbocycles. The van der Waals surface area contributed by atoms with E-state index in [0.717, 1.165) is 24.4 Å². The van der Waals surface area contributed by atoms with Crippen molar-refractivity contribution in [3.05, 3.63) is 12.7 Å². The smallest absolute Gasteiger partial charge is 0.166 e. The summed E-state index contributed by atoms with van der Waals surface area (Å²) in [5.74, 6) is 2.99. The molecule has 4 rings (SSSR count). The van der Waals surface area contributed by atoms with Gasteiger partial charge >= 0.3 is 0 Å². The van der Waals surface area contributed by atoms with E-state index in [-0.39, 0.29) is 0 Å². The SMILES string of the molecule is C=CCNC(=S)NC[C@@H](O)COCCC12CC3CC(CC(C3)C1)C2. The van der Waals surface area contributed by atoms with Crippen molar-refractivity contribution >= 4 is 17.3 Å². The summed E-state index contributed by atoms with van der Waals surface area (Å²) < 4.78 is 5.78. The second-order valence-electron chi connectivity index (χ2n) is 8.28. The third-order valence-electron chi connectivity index (χ3n) is 6.16. The summed E-state index contributed by atoms with van der Waals surface area (Å²) in [6, 6.07) is 0. The molecule has 1 atom stereocenters. The highest BCUT2D eigenvalue weighted by Gasteiger charge is 2.50. The van der Waals surface area contributed by atoms with Gasteiger partial charge in [0.05, 0.1) is 12.7 Å². The van der Waals surface area contributed by atoms with Crippen LogP contribution in [-0.4, -0.2) is 42.6 Å². The van der Waals surface area contributed by atoms with Gasteiger partial charge in [-0.1, -0.05) is 6.08 Å². The molecule has 4 saturated carbocycles. The van der Waals surface area contributed by atoms with Gasteiger partial charge in [0.15, 0.2) is 5.11 Å². The Labute approximate surface area is 151 Å². The van der Waals surface area contributed by atoms with Crippen LogP contribution in [0.2, 0.25) is 0 Å². The molecule has 0 saturated heterocycles. The minimum atomic E-state index is -0.523. The topological polar surface area (TPSA) is 53.5 Å². The quantitative estimate of drug-likeness (QED) is 0.338. The summed E-state index contributed by atoms with van der Waals surface area (Å²) in [5, 5.41) is 16.5. The fraction of sp³-hybridized carbons (Fsp3) is 0.842. The zero-order valence-corrected chi connectivity index (χ0v) is 15.5. The molecule has 4 bridgehead atoms. The van der Waals surface area contributed by atoms with Crippen LogP contribution in [-0.2, 0) is 4.74 Å². The monoisotopic (exact) mass is 352 g/mol. The first-order valence-corrected chi connectivity index (χ1v) is 9.88. The molecule has 4 fully saturated rings. The lowest BCUT2D eigenvalue weighted by molar-refractivity contribution is -0.0728. The fourth-order valence-corrected chi connectivity index (χ4v) is 5.77. The number of nitrogens with one attached hydrogen (secondary N) is 2. The lowest BCUT2D eigenvalue weighted by Gasteiger charge is -2.57. The van der Waals surface area contributed by atoms with Gasteiger partial charge in [-0.15, -0.1) is 6.58 Å². The largest absolute Gasteiger partial charge is 0.389 e. The van der Waals surface area contributed by atoms with E-state index >= 15 is 0 Å². The minimum absolute atomic E-state index is 0.378. The molecule has 4 aliphatic rings. The molecule has 0 amide bonds. The molecule has 3 N–H and O–H groups in total. The number of aliphatic hydroxyl groups excluding tert-OH is 1. The Kier molecular flexibility index (Phi) is 6.17. The first kappa shape index (κ1) is 18.2. The number of rotatable bonds is 9. The van der Waals surface area contributed by atoms with Crippen LogP contribution in [0.1, 0.15) is 44.9 Å². The maximum absolute atomic E-state index is 9.99. The van der Waals surface area contributed by atoms with E-state index in [0.29, 0.717) is 30.2 Å². The van der Waals surface area contributed by atoms with Crippen molar-refractivity contribution in [1.82, 2.24) is 10.6 Å². The van der Waals surface area contributed by atoms with Crippen molar-refractivity contribution in [1.29, 1.82) is 0 Å². The van der Waals surface area contributed by atoms with E-state index < -0.39 is 6.10 Å². The third-order valence-corrected chi connectivity index (χ3v) is 6.45. The highest BCUT2D eigenvalue weighted by molar-refractivity contribution is 7.80. The first-order chi connectivity index (χ1) is 11.6. The van der Waals surface area contributed by atoms with E-state index in [1.807, 2.05) is 0 Å². The minimum Gasteiger partial charge on any atom is -0.389 e. The predicted molar refractivity (Wildman–Crippen MR) is 101 cm³/mol. The van der Waals surface area contributed by atoms with Crippen LogP contribution >= 0.6 is 12.2 Å². The number of hydrogen-bond acceptors (Lipinski definition) is 3. The van der Waals surface area contributed by atoms with Crippen LogP contribution in [0.25, 0.3) is 0 Å². The lowest BCUT2D eigenvalue weighted by atomic mass is 9.49. The van der Waals surface area contributed by atoms with Crippen LogP contribution < -0.4 is 10.6 Å². The zero-order chi connectivity index (χ0) is 17.0. The molecule has 136 valence electrons. The van der Waals surface area contributed by atoms with E-state index in [9.17, 15) is 5.11 Å². The van der Waals surface area contributed by atoms with Crippen LogP contribution in [0.4, 0.5) is 0 Å². The van der Waals surface area contributed by atoms with Crippen LogP contribution in [0.15, 0.2) is 12.7 Å². The third kappa shape index (κ3) is 4.70. The Morgan fingerprint density at radius 1 is 1.21 bits per heavy atom. The van der Waals surface area contributed by atoms with Gasteiger partial charge in [-0.2, -0.15) is 0 Å². The Hall–Kier alpha value is -0.650. The average Bonchev–Trinajstić information content (AvgIpc) is 2.53. The second-order valence-corrected chi connectivity index (χ2v) is 8.68. The van der Waals surface area contributed by atoms with Crippen LogP contribution in [0.5, 0.6) is 0 Å². The summed E-state index contributed by atoms with van der Waals surface area (Å²) in [6.45, 7) is 5.83. The molecule has 0 unspecified atom stereocenters. The molecule has 0 radical (unpaired) electrons. The molecule has 0 aromatic carbocycles. The Morgan fingerprint density at radius 2 is 1.83 bits per heavy atom. The molecular weight excluding hydrogens is 320 g/mol. The van der Waals surface area contributed by atoms with Gasteiger partial charge in [0.25, 0.3) is 0 Å². The van der Waals surface area contributed by atoms with Gasteiger partial charge in [0.2, 0.25) is 0 Å². The van der Waals surface area contributed by atoms with Crippen molar-refractivity contribution in [2.24, 2.45) is 23.2 Å². The van der Waals surface area contributed by atoms with E-state index in [1.165, 1.54) is 44.9 Å². The van der Waals surface area contributed by atoms with E-state index in [1.54, 1.807) is 6.08 Å². The van der Waals surface area contributed by atoms with Gasteiger partial charge in [-0.3, -0.25) is 0 Å². The first-order valence-electron chi connectivity index (χ1n) is 9.47. The number of hydrogen-bond donors (Lipinski definition) is 3. The molecule has 4 nitrogen and oxygen atoms in total. The summed E-state index contributed by atoms with van der Waals surface area (Å²) in [6.07, 6.45) is 11.2. The van der Waals surface area contributed by atoms with Crippen molar-refractivity contribution in [2.45, 2.75) is 51.0 Å². The molecule has 24 heavy (non-hydrogen) atoms. The number of aliphatic hydroxyl groups is 1. The summed E-state index contributed by atoms with van der Waals surface area (Å²) in [5.41, 5.74) is 0.564. The van der Waals surface area contributed by atoms with E-state index in [2.05, 4.69) is 17.2 Å². The number of ether oxygens (including phenoxy) is 1. The normalized spacial score (nSPS) is 34.8. The van der Waals surface area contributed by atoms with Crippen molar-refractivity contribution in [2.75, 3.05) is 26.3 Å². The second kappa shape index (κ2) is 8.15. The van der Waals surface area contributed by atoms with Gasteiger partial charge in [0, 0.05) is 19.7 Å². The number of thiocarbonyl (C=S) groups is 1. The summed E-state index contributed by atoms with van der Waals surface area (Å²) >= 11 is 5.10. The molecule has 0 heterocycles. The van der Waals surface area contributed by atoms with Crippen LogP contribution in [0.3, 0.4) is 0 Å². The average molecular weight is 353 g/mol. The fourth-order valence-electron chi connectivity index (χ4n) is 5.60. The molecule has 0 aliphatic heterocycles. The molecule has 5 heteroatoms.